The van der Waals surface area contributed by atoms with Crippen molar-refractivity contribution in [1.82, 2.24) is 0 Å². The van der Waals surface area contributed by atoms with Crippen LogP contribution in [0.25, 0.3) is 0 Å². The summed E-state index contributed by atoms with van der Waals surface area (Å²) in [5.74, 6) is 0.539. The first-order valence-corrected chi connectivity index (χ1v) is 6.05. The second-order valence-electron chi connectivity index (χ2n) is 3.98. The Balaban J connectivity index is 1.92. The minimum atomic E-state index is 0.256. The van der Waals surface area contributed by atoms with Crippen LogP contribution in [0.2, 0.25) is 0 Å². The van der Waals surface area contributed by atoms with Crippen molar-refractivity contribution in [3.8, 4) is 0 Å². The van der Waals surface area contributed by atoms with Gasteiger partial charge in [-0.25, -0.2) is 0 Å². The van der Waals surface area contributed by atoms with Gasteiger partial charge in [-0.3, -0.25) is 0 Å². The normalized spacial score (nSPS) is 29.3. The predicted molar refractivity (Wildman–Crippen MR) is 59.5 cm³/mol. The van der Waals surface area contributed by atoms with Crippen molar-refractivity contribution in [3.63, 3.8) is 0 Å². The highest BCUT2D eigenvalue weighted by atomic mass is 32.1. The van der Waals surface area contributed by atoms with Gasteiger partial charge in [0.05, 0.1) is 6.10 Å². The van der Waals surface area contributed by atoms with E-state index in [-0.39, 0.29) is 6.04 Å². The van der Waals surface area contributed by atoms with Crippen LogP contribution in [0.1, 0.15) is 18.2 Å². The fraction of sp³-hybridized carbons (Fsp3) is 0.636. The fourth-order valence-corrected chi connectivity index (χ4v) is 2.90. The van der Waals surface area contributed by atoms with E-state index in [9.17, 15) is 0 Å². The monoisotopic (exact) mass is 211 g/mol. The lowest BCUT2D eigenvalue weighted by Gasteiger charge is -2.21. The van der Waals surface area contributed by atoms with Crippen LogP contribution < -0.4 is 5.73 Å². The van der Waals surface area contributed by atoms with Gasteiger partial charge in [0.2, 0.25) is 0 Å². The van der Waals surface area contributed by atoms with Crippen molar-refractivity contribution in [3.05, 3.63) is 22.4 Å². The molecule has 1 saturated heterocycles. The van der Waals surface area contributed by atoms with Crippen LogP contribution in [-0.2, 0) is 11.2 Å². The van der Waals surface area contributed by atoms with E-state index in [2.05, 4.69) is 24.4 Å². The highest BCUT2D eigenvalue weighted by molar-refractivity contribution is 7.09. The minimum Gasteiger partial charge on any atom is -0.378 e. The second-order valence-corrected chi connectivity index (χ2v) is 5.01. The molecule has 3 heteroatoms. The van der Waals surface area contributed by atoms with Crippen molar-refractivity contribution < 1.29 is 4.74 Å². The summed E-state index contributed by atoms with van der Waals surface area (Å²) >= 11 is 1.79. The molecule has 1 fully saturated rings. The molecule has 2 N–H and O–H groups in total. The van der Waals surface area contributed by atoms with Crippen LogP contribution in [0.4, 0.5) is 0 Å². The molecule has 0 bridgehead atoms. The smallest absolute Gasteiger partial charge is 0.0590 e. The van der Waals surface area contributed by atoms with Crippen LogP contribution in [0.3, 0.4) is 0 Å². The lowest BCUT2D eigenvalue weighted by atomic mass is 9.91. The molecule has 3 atom stereocenters. The average Bonchev–Trinajstić information content (AvgIpc) is 2.75. The van der Waals surface area contributed by atoms with Crippen molar-refractivity contribution in [2.45, 2.75) is 31.9 Å². The van der Waals surface area contributed by atoms with Gasteiger partial charge in [0.25, 0.3) is 0 Å². The summed E-state index contributed by atoms with van der Waals surface area (Å²) in [6.07, 6.45) is 2.45. The lowest BCUT2D eigenvalue weighted by molar-refractivity contribution is 0.0995. The zero-order valence-electron chi connectivity index (χ0n) is 8.48. The zero-order chi connectivity index (χ0) is 9.97. The van der Waals surface area contributed by atoms with E-state index < -0.39 is 0 Å². The van der Waals surface area contributed by atoms with Gasteiger partial charge < -0.3 is 10.5 Å². The Morgan fingerprint density at radius 3 is 3.14 bits per heavy atom. The third-order valence-electron chi connectivity index (χ3n) is 3.00. The maximum atomic E-state index is 6.19. The average molecular weight is 211 g/mol. The van der Waals surface area contributed by atoms with Crippen LogP contribution in [0, 0.1) is 5.92 Å². The van der Waals surface area contributed by atoms with Gasteiger partial charge in [0, 0.05) is 23.4 Å². The second kappa shape index (κ2) is 4.43. The summed E-state index contributed by atoms with van der Waals surface area (Å²) < 4.78 is 5.53. The Morgan fingerprint density at radius 1 is 1.71 bits per heavy atom. The van der Waals surface area contributed by atoms with E-state index >= 15 is 0 Å². The van der Waals surface area contributed by atoms with E-state index in [4.69, 9.17) is 10.5 Å². The maximum absolute atomic E-state index is 6.19. The lowest BCUT2D eigenvalue weighted by Crippen LogP contribution is -2.35. The molecular weight excluding hydrogens is 194 g/mol. The van der Waals surface area contributed by atoms with Crippen molar-refractivity contribution in [2.24, 2.45) is 11.7 Å². The Morgan fingerprint density at radius 2 is 2.57 bits per heavy atom. The van der Waals surface area contributed by atoms with Gasteiger partial charge in [-0.2, -0.15) is 0 Å². The van der Waals surface area contributed by atoms with Crippen LogP contribution in [0.15, 0.2) is 17.5 Å². The number of ether oxygens (including phenoxy) is 1. The van der Waals surface area contributed by atoms with Gasteiger partial charge in [-0.15, -0.1) is 11.3 Å². The largest absolute Gasteiger partial charge is 0.378 e. The summed E-state index contributed by atoms with van der Waals surface area (Å²) in [5.41, 5.74) is 6.19. The van der Waals surface area contributed by atoms with Gasteiger partial charge in [0.15, 0.2) is 0 Å². The molecule has 1 aliphatic rings. The van der Waals surface area contributed by atoms with Crippen LogP contribution in [0.5, 0.6) is 0 Å². The number of hydrogen-bond donors (Lipinski definition) is 1. The van der Waals surface area contributed by atoms with Gasteiger partial charge >= 0.3 is 0 Å². The maximum Gasteiger partial charge on any atom is 0.0590 e. The Bertz CT molecular complexity index is 273. The summed E-state index contributed by atoms with van der Waals surface area (Å²) in [6, 6.07) is 4.50. The van der Waals surface area contributed by atoms with Crippen LogP contribution in [-0.4, -0.2) is 18.8 Å². The van der Waals surface area contributed by atoms with Gasteiger partial charge in [0.1, 0.15) is 0 Å². The summed E-state index contributed by atoms with van der Waals surface area (Å²) in [7, 11) is 0. The Hall–Kier alpha value is -0.380. The molecule has 0 spiro atoms. The molecule has 1 aliphatic heterocycles. The topological polar surface area (TPSA) is 35.2 Å². The third-order valence-corrected chi connectivity index (χ3v) is 3.90. The molecule has 0 radical (unpaired) electrons. The molecule has 2 rings (SSSR count). The SMILES string of the molecule is CC1OCCC1C(N)Cc1cccs1. The first-order valence-electron chi connectivity index (χ1n) is 5.17. The Labute approximate surface area is 89.1 Å². The molecule has 2 heterocycles. The predicted octanol–water partition coefficient (Wildman–Crippen LogP) is 2.04. The number of hydrogen-bond acceptors (Lipinski definition) is 3. The van der Waals surface area contributed by atoms with Gasteiger partial charge in [-0.1, -0.05) is 6.07 Å². The highest BCUT2D eigenvalue weighted by Crippen LogP contribution is 2.25. The molecule has 1 aromatic rings. The van der Waals surface area contributed by atoms with E-state index in [1.54, 1.807) is 11.3 Å². The van der Waals surface area contributed by atoms with E-state index in [0.29, 0.717) is 12.0 Å². The van der Waals surface area contributed by atoms with E-state index in [1.807, 2.05) is 0 Å². The highest BCUT2D eigenvalue weighted by Gasteiger charge is 2.29. The Kier molecular flexibility index (Phi) is 3.21. The molecule has 0 amide bonds. The molecule has 0 aliphatic carbocycles. The van der Waals surface area contributed by atoms with Crippen molar-refractivity contribution >= 4 is 11.3 Å². The fourth-order valence-electron chi connectivity index (χ4n) is 2.12. The number of nitrogens with two attached hydrogens (primary N) is 1. The molecule has 0 aromatic carbocycles. The summed E-state index contributed by atoms with van der Waals surface area (Å²) in [5, 5.41) is 2.11. The molecule has 0 saturated carbocycles. The number of rotatable bonds is 3. The molecule has 3 unspecified atom stereocenters. The first-order chi connectivity index (χ1) is 6.77. The molecule has 14 heavy (non-hydrogen) atoms. The van der Waals surface area contributed by atoms with Gasteiger partial charge in [-0.05, 0) is 31.2 Å². The van der Waals surface area contributed by atoms with Crippen molar-refractivity contribution in [2.75, 3.05) is 6.61 Å². The summed E-state index contributed by atoms with van der Waals surface area (Å²) in [4.78, 5) is 1.39. The standard InChI is InChI=1S/C11H17NOS/c1-8-10(4-5-13-8)11(12)7-9-3-2-6-14-9/h2-3,6,8,10-11H,4-5,7,12H2,1H3. The molecule has 2 nitrogen and oxygen atoms in total. The molecule has 78 valence electrons. The van der Waals surface area contributed by atoms with E-state index in [1.165, 1.54) is 4.88 Å². The molecular formula is C11H17NOS. The quantitative estimate of drug-likeness (QED) is 0.830. The third kappa shape index (κ3) is 2.16. The van der Waals surface area contributed by atoms with Crippen molar-refractivity contribution in [1.29, 1.82) is 0 Å². The molecule has 1 aromatic heterocycles. The minimum absolute atomic E-state index is 0.256. The summed E-state index contributed by atoms with van der Waals surface area (Å²) in [6.45, 7) is 3.01. The van der Waals surface area contributed by atoms with E-state index in [0.717, 1.165) is 19.4 Å². The van der Waals surface area contributed by atoms with Crippen LogP contribution >= 0.6 is 11.3 Å². The number of thiophene rings is 1. The zero-order valence-corrected chi connectivity index (χ0v) is 9.30. The first kappa shape index (κ1) is 10.1.